The van der Waals surface area contributed by atoms with Gasteiger partial charge in [-0.1, -0.05) is 12.1 Å². The lowest BCUT2D eigenvalue weighted by Gasteiger charge is -2.13. The van der Waals surface area contributed by atoms with E-state index in [1.165, 1.54) is 0 Å². The van der Waals surface area contributed by atoms with Gasteiger partial charge in [-0.3, -0.25) is 4.79 Å². The molecule has 1 fully saturated rings. The second-order valence-corrected chi connectivity index (χ2v) is 4.55. The first-order valence-corrected chi connectivity index (χ1v) is 5.98. The molecule has 2 nitrogen and oxygen atoms in total. The number of anilines is 1. The highest BCUT2D eigenvalue weighted by atomic mass is 16.1. The van der Waals surface area contributed by atoms with Crippen molar-refractivity contribution in [2.24, 2.45) is 0 Å². The molecule has 1 aromatic carbocycles. The molecule has 0 atom stereocenters. The number of ketones is 1. The minimum Gasteiger partial charge on any atom is -0.399 e. The van der Waals surface area contributed by atoms with Crippen LogP contribution in [0.1, 0.15) is 38.2 Å². The second-order valence-electron chi connectivity index (χ2n) is 4.55. The van der Waals surface area contributed by atoms with E-state index < -0.39 is 0 Å². The Bertz CT molecular complexity index is 472. The van der Waals surface area contributed by atoms with Gasteiger partial charge in [0.05, 0.1) is 5.41 Å². The normalized spacial score (nSPS) is 15.8. The van der Waals surface area contributed by atoms with Gasteiger partial charge < -0.3 is 5.73 Å². The van der Waals surface area contributed by atoms with Crippen molar-refractivity contribution in [3.8, 4) is 11.8 Å². The SMILES string of the molecule is CC#CCCC(=O)C1(c2ccc(N)cc2)CC1. The molecule has 1 aromatic rings. The summed E-state index contributed by atoms with van der Waals surface area (Å²) < 4.78 is 0. The van der Waals surface area contributed by atoms with Crippen molar-refractivity contribution in [3.05, 3.63) is 29.8 Å². The molecule has 88 valence electrons. The van der Waals surface area contributed by atoms with Gasteiger partial charge in [0.15, 0.2) is 0 Å². The molecule has 0 aliphatic heterocycles. The Morgan fingerprint density at radius 2 is 2.00 bits per heavy atom. The summed E-state index contributed by atoms with van der Waals surface area (Å²) in [5.41, 5.74) is 7.30. The summed E-state index contributed by atoms with van der Waals surface area (Å²) in [5, 5.41) is 0. The molecule has 0 heterocycles. The average Bonchev–Trinajstić information content (AvgIpc) is 3.11. The van der Waals surface area contributed by atoms with Gasteiger partial charge in [-0.2, -0.15) is 0 Å². The van der Waals surface area contributed by atoms with Crippen molar-refractivity contribution in [2.45, 2.75) is 38.0 Å². The zero-order chi connectivity index (χ0) is 12.3. The molecular weight excluding hydrogens is 210 g/mol. The highest BCUT2D eigenvalue weighted by molar-refractivity contribution is 5.93. The van der Waals surface area contributed by atoms with E-state index in [0.29, 0.717) is 18.6 Å². The van der Waals surface area contributed by atoms with E-state index in [9.17, 15) is 4.79 Å². The van der Waals surface area contributed by atoms with E-state index in [-0.39, 0.29) is 5.41 Å². The van der Waals surface area contributed by atoms with Crippen molar-refractivity contribution >= 4 is 11.5 Å². The molecule has 0 saturated heterocycles. The van der Waals surface area contributed by atoms with Crippen molar-refractivity contribution < 1.29 is 4.79 Å². The van der Waals surface area contributed by atoms with E-state index >= 15 is 0 Å². The largest absolute Gasteiger partial charge is 0.399 e. The van der Waals surface area contributed by atoms with Crippen LogP contribution >= 0.6 is 0 Å². The van der Waals surface area contributed by atoms with E-state index in [2.05, 4.69) is 11.8 Å². The molecule has 1 aliphatic rings. The fourth-order valence-corrected chi connectivity index (χ4v) is 2.20. The van der Waals surface area contributed by atoms with Crippen molar-refractivity contribution in [1.29, 1.82) is 0 Å². The fraction of sp³-hybridized carbons (Fsp3) is 0.400. The molecule has 1 aliphatic carbocycles. The number of hydrogen-bond acceptors (Lipinski definition) is 2. The lowest BCUT2D eigenvalue weighted by atomic mass is 9.89. The van der Waals surface area contributed by atoms with Crippen LogP contribution in [0.4, 0.5) is 5.69 Å². The number of nitrogens with two attached hydrogens (primary N) is 1. The fourth-order valence-electron chi connectivity index (χ4n) is 2.20. The summed E-state index contributed by atoms with van der Waals surface area (Å²) in [6.45, 7) is 1.80. The molecule has 2 rings (SSSR count). The van der Waals surface area contributed by atoms with E-state index in [0.717, 1.165) is 24.1 Å². The third-order valence-corrected chi connectivity index (χ3v) is 3.40. The van der Waals surface area contributed by atoms with Gasteiger partial charge in [-0.05, 0) is 37.5 Å². The Balaban J connectivity index is 2.10. The maximum atomic E-state index is 12.2. The highest BCUT2D eigenvalue weighted by Gasteiger charge is 2.49. The zero-order valence-corrected chi connectivity index (χ0v) is 10.1. The monoisotopic (exact) mass is 227 g/mol. The highest BCUT2D eigenvalue weighted by Crippen LogP contribution is 2.49. The third kappa shape index (κ3) is 2.34. The Kier molecular flexibility index (Phi) is 3.19. The number of carbonyl (C=O) groups is 1. The molecule has 17 heavy (non-hydrogen) atoms. The summed E-state index contributed by atoms with van der Waals surface area (Å²) in [4.78, 5) is 12.2. The molecule has 2 N–H and O–H groups in total. The Labute approximate surface area is 102 Å². The lowest BCUT2D eigenvalue weighted by Crippen LogP contribution is -2.20. The molecule has 1 saturated carbocycles. The summed E-state index contributed by atoms with van der Waals surface area (Å²) in [6.07, 6.45) is 3.17. The topological polar surface area (TPSA) is 43.1 Å². The zero-order valence-electron chi connectivity index (χ0n) is 10.1. The maximum Gasteiger partial charge on any atom is 0.144 e. The second kappa shape index (κ2) is 4.63. The minimum atomic E-state index is -0.219. The Morgan fingerprint density at radius 1 is 1.35 bits per heavy atom. The number of Topliss-reactive ketones (excluding diaryl/α,β-unsaturated/α-hetero) is 1. The summed E-state index contributed by atoms with van der Waals surface area (Å²) in [7, 11) is 0. The quantitative estimate of drug-likeness (QED) is 0.634. The smallest absolute Gasteiger partial charge is 0.144 e. The first-order valence-electron chi connectivity index (χ1n) is 5.98. The molecular formula is C15H17NO. The van der Waals surface area contributed by atoms with Gasteiger partial charge in [0.2, 0.25) is 0 Å². The summed E-state index contributed by atoms with van der Waals surface area (Å²) in [6, 6.07) is 7.69. The van der Waals surface area contributed by atoms with Crippen LogP contribution in [-0.4, -0.2) is 5.78 Å². The number of hydrogen-bond donors (Lipinski definition) is 1. The molecule has 0 bridgehead atoms. The number of benzene rings is 1. The van der Waals surface area contributed by atoms with Crippen LogP contribution in [0.2, 0.25) is 0 Å². The molecule has 0 amide bonds. The van der Waals surface area contributed by atoms with E-state index in [4.69, 9.17) is 5.73 Å². The van der Waals surface area contributed by atoms with Crippen LogP contribution in [-0.2, 0) is 10.2 Å². The van der Waals surface area contributed by atoms with Crippen LogP contribution < -0.4 is 5.73 Å². The third-order valence-electron chi connectivity index (χ3n) is 3.40. The minimum absolute atomic E-state index is 0.219. The van der Waals surface area contributed by atoms with Crippen LogP contribution in [0.25, 0.3) is 0 Å². The van der Waals surface area contributed by atoms with Crippen LogP contribution in [0.15, 0.2) is 24.3 Å². The Hall–Kier alpha value is -1.75. The standard InChI is InChI=1S/C15H17NO/c1-2-3-4-5-14(17)15(10-11-15)12-6-8-13(16)9-7-12/h6-9H,4-5,10-11,16H2,1H3. The predicted molar refractivity (Wildman–Crippen MR) is 69.5 cm³/mol. The van der Waals surface area contributed by atoms with Gasteiger partial charge in [0.25, 0.3) is 0 Å². The number of carbonyl (C=O) groups excluding carboxylic acids is 1. The van der Waals surface area contributed by atoms with Crippen LogP contribution in [0.3, 0.4) is 0 Å². The molecule has 0 unspecified atom stereocenters. The van der Waals surface area contributed by atoms with Gasteiger partial charge in [0.1, 0.15) is 5.78 Å². The van der Waals surface area contributed by atoms with E-state index in [1.807, 2.05) is 24.3 Å². The molecule has 0 spiro atoms. The first kappa shape index (κ1) is 11.7. The van der Waals surface area contributed by atoms with Gasteiger partial charge in [-0.15, -0.1) is 11.8 Å². The van der Waals surface area contributed by atoms with Crippen molar-refractivity contribution in [3.63, 3.8) is 0 Å². The van der Waals surface area contributed by atoms with Gasteiger partial charge in [0, 0.05) is 18.5 Å². The van der Waals surface area contributed by atoms with Gasteiger partial charge >= 0.3 is 0 Å². The number of nitrogen functional groups attached to an aromatic ring is 1. The lowest BCUT2D eigenvalue weighted by molar-refractivity contribution is -0.121. The number of rotatable bonds is 4. The first-order chi connectivity index (χ1) is 8.19. The molecule has 0 radical (unpaired) electrons. The maximum absolute atomic E-state index is 12.2. The van der Waals surface area contributed by atoms with E-state index in [1.54, 1.807) is 6.92 Å². The molecule has 0 aromatic heterocycles. The summed E-state index contributed by atoms with van der Waals surface area (Å²) in [5.74, 6) is 6.10. The van der Waals surface area contributed by atoms with Crippen molar-refractivity contribution in [2.75, 3.05) is 5.73 Å². The molecule has 2 heteroatoms. The van der Waals surface area contributed by atoms with Crippen molar-refractivity contribution in [1.82, 2.24) is 0 Å². The average molecular weight is 227 g/mol. The Morgan fingerprint density at radius 3 is 2.53 bits per heavy atom. The summed E-state index contributed by atoms with van der Waals surface area (Å²) >= 11 is 0. The van der Waals surface area contributed by atoms with Crippen LogP contribution in [0, 0.1) is 11.8 Å². The van der Waals surface area contributed by atoms with Gasteiger partial charge in [-0.25, -0.2) is 0 Å². The predicted octanol–water partition coefficient (Wildman–Crippen LogP) is 2.67. The van der Waals surface area contributed by atoms with Crippen LogP contribution in [0.5, 0.6) is 0 Å².